The van der Waals surface area contributed by atoms with Gasteiger partial charge in [0.15, 0.2) is 5.69 Å². The predicted molar refractivity (Wildman–Crippen MR) is 156 cm³/mol. The number of nitrogens with zero attached hydrogens (tertiary/aromatic N) is 7. The number of piperidine rings is 2. The van der Waals surface area contributed by atoms with Crippen molar-refractivity contribution in [1.82, 2.24) is 19.0 Å². The number of carbonyl (C=O) groups excluding carboxylic acids is 1. The van der Waals surface area contributed by atoms with Crippen molar-refractivity contribution >= 4 is 23.2 Å². The predicted octanol–water partition coefficient (Wildman–Crippen LogP) is 2.56. The van der Waals surface area contributed by atoms with E-state index in [1.807, 2.05) is 41.3 Å². The van der Waals surface area contributed by atoms with Crippen molar-refractivity contribution < 1.29 is 4.79 Å². The van der Waals surface area contributed by atoms with Crippen LogP contribution in [0.1, 0.15) is 48.0 Å². The van der Waals surface area contributed by atoms with E-state index in [2.05, 4.69) is 14.8 Å². The molecule has 5 heterocycles. The van der Waals surface area contributed by atoms with Gasteiger partial charge >= 0.3 is 5.69 Å². The second kappa shape index (κ2) is 10.9. The molecule has 0 unspecified atom stereocenters. The van der Waals surface area contributed by atoms with Crippen LogP contribution in [0.3, 0.4) is 0 Å². The maximum atomic E-state index is 14.0. The average molecular weight is 544 g/mol. The quantitative estimate of drug-likeness (QED) is 0.489. The number of anilines is 3. The molecule has 0 saturated carbocycles. The maximum absolute atomic E-state index is 14.0. The van der Waals surface area contributed by atoms with Crippen molar-refractivity contribution in [3.63, 3.8) is 0 Å². The number of amides is 1. The molecule has 0 spiro atoms. The number of hydrogen-bond acceptors (Lipinski definition) is 7. The molecule has 0 atom stereocenters. The van der Waals surface area contributed by atoms with Crippen LogP contribution in [0.5, 0.6) is 0 Å². The van der Waals surface area contributed by atoms with Crippen molar-refractivity contribution in [3.8, 4) is 0 Å². The number of likely N-dealkylation sites (tertiary alicyclic amines) is 1. The molecule has 40 heavy (non-hydrogen) atoms. The van der Waals surface area contributed by atoms with Gasteiger partial charge in [-0.15, -0.1) is 0 Å². The summed E-state index contributed by atoms with van der Waals surface area (Å²) in [5.41, 5.74) is 0.833. The number of benzene rings is 1. The molecule has 0 N–H and O–H groups in total. The highest BCUT2D eigenvalue weighted by molar-refractivity contribution is 6.09. The zero-order valence-electron chi connectivity index (χ0n) is 23.3. The largest absolute Gasteiger partial charge is 0.356 e. The molecular weight excluding hydrogens is 506 g/mol. The highest BCUT2D eigenvalue weighted by Gasteiger charge is 2.37. The van der Waals surface area contributed by atoms with Gasteiger partial charge in [-0.25, -0.2) is 9.78 Å². The van der Waals surface area contributed by atoms with Gasteiger partial charge in [0, 0.05) is 51.5 Å². The fraction of sp³-hybridized carbons (Fsp3) is 0.467. The third-order valence-electron chi connectivity index (χ3n) is 8.64. The van der Waals surface area contributed by atoms with E-state index in [1.54, 1.807) is 19.3 Å². The maximum Gasteiger partial charge on any atom is 0.332 e. The molecule has 2 aromatic heterocycles. The van der Waals surface area contributed by atoms with Crippen LogP contribution in [0.2, 0.25) is 0 Å². The van der Waals surface area contributed by atoms with Crippen molar-refractivity contribution in [3.05, 3.63) is 80.6 Å². The summed E-state index contributed by atoms with van der Waals surface area (Å²) in [5.74, 6) is 0.968. The Balaban J connectivity index is 1.26. The molecule has 1 aromatic carbocycles. The zero-order valence-corrected chi connectivity index (χ0v) is 23.3. The Hall–Kier alpha value is -3.92. The van der Waals surface area contributed by atoms with Gasteiger partial charge in [0.25, 0.3) is 11.5 Å². The minimum Gasteiger partial charge on any atom is -0.356 e. The lowest BCUT2D eigenvalue weighted by Crippen LogP contribution is -2.47. The third-order valence-corrected chi connectivity index (χ3v) is 8.64. The fourth-order valence-electron chi connectivity index (χ4n) is 6.44. The molecule has 0 aliphatic carbocycles. The van der Waals surface area contributed by atoms with E-state index in [0.717, 1.165) is 41.9 Å². The Bertz CT molecular complexity index is 1500. The summed E-state index contributed by atoms with van der Waals surface area (Å²) in [7, 11) is 3.09. The lowest BCUT2D eigenvalue weighted by molar-refractivity contribution is 0.0988. The van der Waals surface area contributed by atoms with E-state index >= 15 is 0 Å². The van der Waals surface area contributed by atoms with Crippen molar-refractivity contribution in [2.24, 2.45) is 14.1 Å². The normalized spacial score (nSPS) is 18.3. The van der Waals surface area contributed by atoms with Crippen LogP contribution in [0, 0.1) is 0 Å². The smallest absolute Gasteiger partial charge is 0.332 e. The van der Waals surface area contributed by atoms with Crippen molar-refractivity contribution in [2.45, 2.75) is 44.7 Å². The third kappa shape index (κ3) is 4.81. The Morgan fingerprint density at radius 3 is 2.38 bits per heavy atom. The number of hydrogen-bond donors (Lipinski definition) is 0. The zero-order chi connectivity index (χ0) is 27.8. The van der Waals surface area contributed by atoms with Gasteiger partial charge in [0.05, 0.1) is 0 Å². The topological polar surface area (TPSA) is 86.9 Å². The molecule has 3 aliphatic rings. The Morgan fingerprint density at radius 1 is 0.925 bits per heavy atom. The van der Waals surface area contributed by atoms with Crippen molar-refractivity contribution in [2.75, 3.05) is 47.5 Å². The molecule has 3 aliphatic heterocycles. The lowest BCUT2D eigenvalue weighted by Gasteiger charge is -2.40. The molecule has 0 radical (unpaired) electrons. The van der Waals surface area contributed by atoms with Crippen LogP contribution in [0.15, 0.2) is 58.3 Å². The molecule has 3 aromatic rings. The first-order valence-corrected chi connectivity index (χ1v) is 14.3. The van der Waals surface area contributed by atoms with Gasteiger partial charge in [0.1, 0.15) is 18.3 Å². The highest BCUT2D eigenvalue weighted by atomic mass is 16.2. The number of rotatable bonds is 5. The molecule has 0 bridgehead atoms. The minimum atomic E-state index is -0.476. The van der Waals surface area contributed by atoms with E-state index in [1.165, 1.54) is 48.9 Å². The first-order valence-electron chi connectivity index (χ1n) is 14.3. The monoisotopic (exact) mass is 543 g/mol. The molecule has 10 nitrogen and oxygen atoms in total. The SMILES string of the molecule is Cn1c2c(c(=O)n(C)c1=O)N(C(=O)c1ccnc(N3CCC(N4CCCCC4)CC3)c1)CN2Cc1ccccc1. The van der Waals surface area contributed by atoms with E-state index < -0.39 is 11.2 Å². The first-order chi connectivity index (χ1) is 19.4. The molecule has 210 valence electrons. The number of carbonyl (C=O) groups is 1. The van der Waals surface area contributed by atoms with Crippen LogP contribution in [0.4, 0.5) is 17.3 Å². The summed E-state index contributed by atoms with van der Waals surface area (Å²) in [6.45, 7) is 4.87. The molecular formula is C30H37N7O3. The summed E-state index contributed by atoms with van der Waals surface area (Å²) in [6, 6.07) is 14.0. The lowest BCUT2D eigenvalue weighted by atomic mass is 10.00. The second-order valence-electron chi connectivity index (χ2n) is 11.2. The van der Waals surface area contributed by atoms with Crippen LogP contribution < -0.4 is 25.9 Å². The van der Waals surface area contributed by atoms with E-state index in [0.29, 0.717) is 24.0 Å². The summed E-state index contributed by atoms with van der Waals surface area (Å²) in [5, 5.41) is 0. The van der Waals surface area contributed by atoms with Gasteiger partial charge in [-0.2, -0.15) is 0 Å². The summed E-state index contributed by atoms with van der Waals surface area (Å²) in [4.78, 5) is 53.1. The van der Waals surface area contributed by atoms with Crippen LogP contribution in [0.25, 0.3) is 0 Å². The van der Waals surface area contributed by atoms with E-state index in [4.69, 9.17) is 0 Å². The van der Waals surface area contributed by atoms with Gasteiger partial charge in [-0.05, 0) is 56.5 Å². The van der Waals surface area contributed by atoms with Crippen LogP contribution in [-0.4, -0.2) is 63.8 Å². The summed E-state index contributed by atoms with van der Waals surface area (Å²) < 4.78 is 2.52. The standard InChI is InChI=1S/C30H37N7O3/c1-32-27-26(29(39)33(2)30(32)40)37(21-36(27)20-22-9-5-3-6-10-22)28(38)23-11-14-31-25(19-23)35-17-12-24(13-18-35)34-15-7-4-8-16-34/h3,5-6,9-11,14,19,24H,4,7-8,12-13,15-18,20-21H2,1-2H3. The number of fused-ring (bicyclic) bond motifs is 1. The van der Waals surface area contributed by atoms with Gasteiger partial charge in [-0.1, -0.05) is 36.8 Å². The average Bonchev–Trinajstić information content (AvgIpc) is 3.38. The Kier molecular flexibility index (Phi) is 7.18. The van der Waals surface area contributed by atoms with Crippen LogP contribution in [-0.2, 0) is 20.6 Å². The molecule has 1 amide bonds. The first kappa shape index (κ1) is 26.3. The molecule has 10 heteroatoms. The Labute approximate surface area is 234 Å². The van der Waals surface area contributed by atoms with Crippen LogP contribution >= 0.6 is 0 Å². The Morgan fingerprint density at radius 2 is 1.65 bits per heavy atom. The fourth-order valence-corrected chi connectivity index (χ4v) is 6.44. The van der Waals surface area contributed by atoms with Gasteiger partial charge in [0.2, 0.25) is 0 Å². The molecule has 6 rings (SSSR count). The minimum absolute atomic E-state index is 0.175. The highest BCUT2D eigenvalue weighted by Crippen LogP contribution is 2.34. The van der Waals surface area contributed by atoms with E-state index in [9.17, 15) is 14.4 Å². The second-order valence-corrected chi connectivity index (χ2v) is 11.2. The van der Waals surface area contributed by atoms with Gasteiger partial charge < -0.3 is 14.7 Å². The molecule has 2 saturated heterocycles. The summed E-state index contributed by atoms with van der Waals surface area (Å²) >= 11 is 0. The van der Waals surface area contributed by atoms with Gasteiger partial charge in [-0.3, -0.25) is 23.6 Å². The van der Waals surface area contributed by atoms with E-state index in [-0.39, 0.29) is 18.3 Å². The summed E-state index contributed by atoms with van der Waals surface area (Å²) in [6.07, 6.45) is 7.80. The number of pyridine rings is 1. The number of aromatic nitrogens is 3. The van der Waals surface area contributed by atoms with Crippen molar-refractivity contribution in [1.29, 1.82) is 0 Å². The molecule has 2 fully saturated rings.